The van der Waals surface area contributed by atoms with Crippen LogP contribution in [0.2, 0.25) is 0 Å². The summed E-state index contributed by atoms with van der Waals surface area (Å²) in [5.74, 6) is -1.90. The van der Waals surface area contributed by atoms with Gasteiger partial charge in [-0.15, -0.1) is 11.3 Å². The number of amides is 1. The first-order valence-electron chi connectivity index (χ1n) is 6.30. The van der Waals surface area contributed by atoms with Gasteiger partial charge < -0.3 is 14.8 Å². The van der Waals surface area contributed by atoms with E-state index in [-0.39, 0.29) is 11.5 Å². The maximum Gasteiger partial charge on any atom is 0.372 e. The minimum atomic E-state index is -1.19. The van der Waals surface area contributed by atoms with E-state index in [9.17, 15) is 9.59 Å². The number of rotatable bonds is 4. The summed E-state index contributed by atoms with van der Waals surface area (Å²) in [6.07, 6.45) is 1.74. The van der Waals surface area contributed by atoms with Crippen molar-refractivity contribution in [2.75, 3.05) is 0 Å². The lowest BCUT2D eigenvalue weighted by molar-refractivity contribution is 0.0658. The van der Waals surface area contributed by atoms with Crippen LogP contribution in [0.1, 0.15) is 50.4 Å². The molecule has 0 bridgehead atoms. The topological polar surface area (TPSA) is 92.4 Å². The zero-order valence-electron chi connectivity index (χ0n) is 12.2. The van der Waals surface area contributed by atoms with Crippen LogP contribution in [0.25, 0.3) is 0 Å². The normalized spacial score (nSPS) is 11.4. The monoisotopic (exact) mass is 308 g/mol. The molecule has 0 unspecified atom stereocenters. The van der Waals surface area contributed by atoms with Crippen LogP contribution < -0.4 is 5.32 Å². The molecule has 2 aromatic rings. The maximum atomic E-state index is 12.2. The Kier molecular flexibility index (Phi) is 3.87. The third-order valence-electron chi connectivity index (χ3n) is 2.92. The number of hydrogen-bond acceptors (Lipinski definition) is 5. The average molecular weight is 308 g/mol. The average Bonchev–Trinajstić information content (AvgIpc) is 2.95. The largest absolute Gasteiger partial charge is 0.475 e. The lowest BCUT2D eigenvalue weighted by Crippen LogP contribution is -2.40. The van der Waals surface area contributed by atoms with Gasteiger partial charge >= 0.3 is 5.97 Å². The van der Waals surface area contributed by atoms with Crippen LogP contribution in [-0.2, 0) is 5.54 Å². The number of nitrogens with one attached hydrogen (secondary N) is 1. The highest BCUT2D eigenvalue weighted by Gasteiger charge is 2.28. The molecular weight excluding hydrogens is 292 g/mol. The van der Waals surface area contributed by atoms with Gasteiger partial charge in [-0.3, -0.25) is 4.79 Å². The second kappa shape index (κ2) is 5.33. The van der Waals surface area contributed by atoms with Gasteiger partial charge in [0, 0.05) is 16.6 Å². The van der Waals surface area contributed by atoms with Crippen molar-refractivity contribution in [1.29, 1.82) is 0 Å². The highest BCUT2D eigenvalue weighted by atomic mass is 32.1. The Morgan fingerprint density at radius 3 is 2.52 bits per heavy atom. The Morgan fingerprint density at radius 1 is 1.38 bits per heavy atom. The van der Waals surface area contributed by atoms with Crippen LogP contribution in [-0.4, -0.2) is 22.0 Å². The summed E-state index contributed by atoms with van der Waals surface area (Å²) in [7, 11) is 0. The number of carboxylic acid groups (broad SMARTS) is 1. The Balaban J connectivity index is 2.21. The molecule has 2 rings (SSSR count). The first-order valence-corrected chi connectivity index (χ1v) is 7.11. The SMILES string of the molecule is Cc1cnc(C(C)(C)NC(=O)c2cc(C)c(C(=O)O)o2)s1. The van der Waals surface area contributed by atoms with Crippen molar-refractivity contribution in [2.45, 2.75) is 33.2 Å². The molecule has 2 N–H and O–H groups in total. The second-order valence-corrected chi connectivity index (χ2v) is 6.52. The first-order chi connectivity index (χ1) is 9.70. The van der Waals surface area contributed by atoms with E-state index in [0.29, 0.717) is 5.56 Å². The van der Waals surface area contributed by atoms with Gasteiger partial charge in [0.25, 0.3) is 5.91 Å². The van der Waals surface area contributed by atoms with E-state index in [2.05, 4.69) is 10.3 Å². The van der Waals surface area contributed by atoms with Gasteiger partial charge in [-0.2, -0.15) is 0 Å². The number of carbonyl (C=O) groups excluding carboxylic acids is 1. The molecule has 0 aliphatic rings. The van der Waals surface area contributed by atoms with Crippen molar-refractivity contribution in [2.24, 2.45) is 0 Å². The molecule has 21 heavy (non-hydrogen) atoms. The van der Waals surface area contributed by atoms with Crippen molar-refractivity contribution in [1.82, 2.24) is 10.3 Å². The van der Waals surface area contributed by atoms with Gasteiger partial charge in [-0.25, -0.2) is 9.78 Å². The second-order valence-electron chi connectivity index (χ2n) is 5.28. The predicted octanol–water partition coefficient (Wildman–Crippen LogP) is 2.72. The molecule has 0 aliphatic heterocycles. The van der Waals surface area contributed by atoms with E-state index in [4.69, 9.17) is 9.52 Å². The Labute approximate surface area is 125 Å². The third-order valence-corrected chi connectivity index (χ3v) is 4.15. The van der Waals surface area contributed by atoms with E-state index < -0.39 is 17.4 Å². The molecule has 0 fully saturated rings. The standard InChI is InChI=1S/C14H16N2O4S/c1-7-5-9(20-10(7)12(18)19)11(17)16-14(3,4)13-15-6-8(2)21-13/h5-6H,1-4H3,(H,16,17)(H,18,19). The van der Waals surface area contributed by atoms with E-state index in [1.54, 1.807) is 13.1 Å². The van der Waals surface area contributed by atoms with Crippen LogP contribution in [0.3, 0.4) is 0 Å². The zero-order valence-corrected chi connectivity index (χ0v) is 13.0. The number of furan rings is 1. The van der Waals surface area contributed by atoms with Crippen molar-refractivity contribution >= 4 is 23.2 Å². The maximum absolute atomic E-state index is 12.2. The number of nitrogens with zero attached hydrogens (tertiary/aromatic N) is 1. The summed E-state index contributed by atoms with van der Waals surface area (Å²) >= 11 is 1.49. The molecule has 0 aromatic carbocycles. The van der Waals surface area contributed by atoms with Crippen LogP contribution in [0.5, 0.6) is 0 Å². The van der Waals surface area contributed by atoms with Crippen LogP contribution in [0.15, 0.2) is 16.7 Å². The van der Waals surface area contributed by atoms with Crippen LogP contribution in [0, 0.1) is 13.8 Å². The molecule has 2 aromatic heterocycles. The molecule has 0 saturated carbocycles. The molecule has 6 nitrogen and oxygen atoms in total. The Bertz CT molecular complexity index is 700. The minimum absolute atomic E-state index is 0.0220. The van der Waals surface area contributed by atoms with Gasteiger partial charge in [0.05, 0.1) is 5.54 Å². The van der Waals surface area contributed by atoms with E-state index in [1.165, 1.54) is 17.4 Å². The quantitative estimate of drug-likeness (QED) is 0.906. The minimum Gasteiger partial charge on any atom is -0.475 e. The molecule has 0 spiro atoms. The van der Waals surface area contributed by atoms with Gasteiger partial charge in [-0.1, -0.05) is 0 Å². The fourth-order valence-electron chi connectivity index (χ4n) is 1.85. The van der Waals surface area contributed by atoms with Gasteiger partial charge in [0.2, 0.25) is 5.76 Å². The van der Waals surface area contributed by atoms with E-state index >= 15 is 0 Å². The summed E-state index contributed by atoms with van der Waals surface area (Å²) in [5, 5.41) is 12.5. The van der Waals surface area contributed by atoms with Crippen molar-refractivity contribution < 1.29 is 19.1 Å². The lowest BCUT2D eigenvalue weighted by atomic mass is 10.1. The van der Waals surface area contributed by atoms with Gasteiger partial charge in [-0.05, 0) is 33.8 Å². The first kappa shape index (κ1) is 15.2. The third kappa shape index (κ3) is 3.13. The van der Waals surface area contributed by atoms with Crippen molar-refractivity contribution in [3.8, 4) is 0 Å². The van der Waals surface area contributed by atoms with Crippen molar-refractivity contribution in [3.63, 3.8) is 0 Å². The number of hydrogen-bond donors (Lipinski definition) is 2. The summed E-state index contributed by atoms with van der Waals surface area (Å²) in [6, 6.07) is 1.42. The molecule has 0 aliphatic carbocycles. The number of aryl methyl sites for hydroxylation is 2. The number of aromatic nitrogens is 1. The Hall–Kier alpha value is -2.15. The lowest BCUT2D eigenvalue weighted by Gasteiger charge is -2.23. The molecule has 7 heteroatoms. The molecule has 0 atom stereocenters. The van der Waals surface area contributed by atoms with Crippen molar-refractivity contribution in [3.05, 3.63) is 39.2 Å². The number of thiazole rings is 1. The van der Waals surface area contributed by atoms with E-state index in [1.807, 2.05) is 20.8 Å². The summed E-state index contributed by atoms with van der Waals surface area (Å²) in [4.78, 5) is 28.5. The molecule has 0 radical (unpaired) electrons. The number of aromatic carboxylic acids is 1. The summed E-state index contributed by atoms with van der Waals surface area (Å²) in [5.41, 5.74) is -0.254. The molecular formula is C14H16N2O4S. The highest BCUT2D eigenvalue weighted by Crippen LogP contribution is 2.25. The number of carbonyl (C=O) groups is 2. The van der Waals surface area contributed by atoms with Crippen LogP contribution >= 0.6 is 11.3 Å². The Morgan fingerprint density at radius 2 is 2.05 bits per heavy atom. The molecule has 0 saturated heterocycles. The van der Waals surface area contributed by atoms with Gasteiger partial charge in [0.1, 0.15) is 5.01 Å². The predicted molar refractivity (Wildman–Crippen MR) is 77.7 cm³/mol. The number of carboxylic acids is 1. The highest BCUT2D eigenvalue weighted by molar-refractivity contribution is 7.11. The summed E-state index contributed by atoms with van der Waals surface area (Å²) < 4.78 is 5.10. The fourth-order valence-corrected chi connectivity index (χ4v) is 2.67. The smallest absolute Gasteiger partial charge is 0.372 e. The summed E-state index contributed by atoms with van der Waals surface area (Å²) in [6.45, 7) is 7.18. The van der Waals surface area contributed by atoms with E-state index in [0.717, 1.165) is 9.88 Å². The van der Waals surface area contributed by atoms with Crippen LogP contribution in [0.4, 0.5) is 0 Å². The molecule has 2 heterocycles. The molecule has 112 valence electrons. The fraction of sp³-hybridized carbons (Fsp3) is 0.357. The van der Waals surface area contributed by atoms with Gasteiger partial charge in [0.15, 0.2) is 5.76 Å². The zero-order chi connectivity index (χ0) is 15.8. The molecule has 1 amide bonds.